The van der Waals surface area contributed by atoms with Gasteiger partial charge in [0.05, 0.1) is 32.2 Å². The maximum Gasteiger partial charge on any atom is 0.224 e. The molecule has 0 radical (unpaired) electrons. The van der Waals surface area contributed by atoms with Crippen LogP contribution in [0.4, 0.5) is 11.8 Å². The third kappa shape index (κ3) is 3.24. The number of anilines is 2. The quantitative estimate of drug-likeness (QED) is 0.682. The minimum Gasteiger partial charge on any atom is -0.497 e. The fourth-order valence-corrected chi connectivity index (χ4v) is 3.02. The number of ether oxygens (including phenoxy) is 2. The molecule has 1 aromatic carbocycles. The van der Waals surface area contributed by atoms with E-state index in [1.807, 2.05) is 0 Å². The zero-order valence-corrected chi connectivity index (χ0v) is 14.8. The first kappa shape index (κ1) is 17.1. The smallest absolute Gasteiger partial charge is 0.224 e. The molecule has 4 rings (SSSR count). The van der Waals surface area contributed by atoms with Crippen molar-refractivity contribution in [2.24, 2.45) is 0 Å². The molecule has 1 aliphatic heterocycles. The Morgan fingerprint density at radius 2 is 2.04 bits per heavy atom. The number of aldehydes is 1. The maximum atomic E-state index is 11.5. The Morgan fingerprint density at radius 1 is 1.22 bits per heavy atom. The van der Waals surface area contributed by atoms with Crippen molar-refractivity contribution in [3.8, 4) is 17.0 Å². The van der Waals surface area contributed by atoms with Crippen LogP contribution in [0.5, 0.6) is 5.75 Å². The SMILES string of the molecule is COc1ccc(C=O)c(-c2cnc3nc(N)nc(N4CCOCC4)c3n2)c1. The maximum absolute atomic E-state index is 11.5. The number of hydrogen-bond donors (Lipinski definition) is 1. The molecule has 1 saturated heterocycles. The zero-order chi connectivity index (χ0) is 18.8. The average molecular weight is 366 g/mol. The molecule has 2 N–H and O–H groups in total. The summed E-state index contributed by atoms with van der Waals surface area (Å²) in [7, 11) is 1.57. The molecule has 0 bridgehead atoms. The van der Waals surface area contributed by atoms with Crippen LogP contribution in [0, 0.1) is 0 Å². The lowest BCUT2D eigenvalue weighted by Crippen LogP contribution is -2.37. The molecular weight excluding hydrogens is 348 g/mol. The van der Waals surface area contributed by atoms with Gasteiger partial charge >= 0.3 is 0 Å². The van der Waals surface area contributed by atoms with Crippen molar-refractivity contribution in [2.75, 3.05) is 44.0 Å². The number of nitrogens with zero attached hydrogens (tertiary/aromatic N) is 5. The Labute approximate surface area is 155 Å². The lowest BCUT2D eigenvalue weighted by molar-refractivity contribution is 0.112. The van der Waals surface area contributed by atoms with Gasteiger partial charge in [-0.15, -0.1) is 0 Å². The number of morpholine rings is 1. The zero-order valence-electron chi connectivity index (χ0n) is 14.8. The number of fused-ring (bicyclic) bond motifs is 1. The number of aromatic nitrogens is 4. The Morgan fingerprint density at radius 3 is 2.78 bits per heavy atom. The van der Waals surface area contributed by atoms with Crippen molar-refractivity contribution in [3.05, 3.63) is 30.0 Å². The van der Waals surface area contributed by atoms with Crippen molar-refractivity contribution < 1.29 is 14.3 Å². The summed E-state index contributed by atoms with van der Waals surface area (Å²) in [6.45, 7) is 2.56. The number of methoxy groups -OCH3 is 1. The molecule has 0 saturated carbocycles. The predicted molar refractivity (Wildman–Crippen MR) is 99.9 cm³/mol. The number of hydrogen-bond acceptors (Lipinski definition) is 9. The molecule has 3 aromatic rings. The Bertz CT molecular complexity index is 1000. The van der Waals surface area contributed by atoms with Crippen molar-refractivity contribution in [1.29, 1.82) is 0 Å². The topological polar surface area (TPSA) is 116 Å². The van der Waals surface area contributed by atoms with E-state index in [0.717, 1.165) is 6.29 Å². The van der Waals surface area contributed by atoms with Gasteiger partial charge in [-0.1, -0.05) is 0 Å². The molecule has 0 atom stereocenters. The van der Waals surface area contributed by atoms with E-state index in [2.05, 4.69) is 19.9 Å². The van der Waals surface area contributed by atoms with Crippen LogP contribution < -0.4 is 15.4 Å². The lowest BCUT2D eigenvalue weighted by atomic mass is 10.1. The Balaban J connectivity index is 1.89. The Kier molecular flexibility index (Phi) is 4.51. The van der Waals surface area contributed by atoms with Gasteiger partial charge in [0.1, 0.15) is 5.75 Å². The lowest BCUT2D eigenvalue weighted by Gasteiger charge is -2.28. The normalized spacial score (nSPS) is 14.3. The molecule has 9 nitrogen and oxygen atoms in total. The number of nitrogen functional groups attached to an aromatic ring is 1. The fourth-order valence-electron chi connectivity index (χ4n) is 3.02. The molecule has 9 heteroatoms. The van der Waals surface area contributed by atoms with E-state index >= 15 is 0 Å². The van der Waals surface area contributed by atoms with E-state index in [4.69, 9.17) is 20.2 Å². The minimum atomic E-state index is 0.140. The summed E-state index contributed by atoms with van der Waals surface area (Å²) in [5.74, 6) is 1.38. The summed E-state index contributed by atoms with van der Waals surface area (Å²) in [6.07, 6.45) is 2.35. The van der Waals surface area contributed by atoms with Crippen molar-refractivity contribution >= 4 is 29.2 Å². The average Bonchev–Trinajstić information content (AvgIpc) is 2.73. The summed E-state index contributed by atoms with van der Waals surface area (Å²) >= 11 is 0. The van der Waals surface area contributed by atoms with Crippen LogP contribution in [-0.2, 0) is 4.74 Å². The Hall–Kier alpha value is -3.33. The standard InChI is InChI=1S/C18H18N6O3/c1-26-12-3-2-11(10-25)13(8-12)14-9-20-16-15(21-14)17(23-18(19)22-16)24-4-6-27-7-5-24/h2-3,8-10H,4-7H2,1H3,(H2,19,20,22,23). The molecule has 2 aromatic heterocycles. The number of nitrogens with two attached hydrogens (primary N) is 1. The summed E-state index contributed by atoms with van der Waals surface area (Å²) < 4.78 is 10.7. The second-order valence-corrected chi connectivity index (χ2v) is 6.00. The summed E-state index contributed by atoms with van der Waals surface area (Å²) in [4.78, 5) is 31.2. The number of carbonyl (C=O) groups excluding carboxylic acids is 1. The first-order valence-electron chi connectivity index (χ1n) is 8.46. The van der Waals surface area contributed by atoms with Crippen molar-refractivity contribution in [3.63, 3.8) is 0 Å². The second-order valence-electron chi connectivity index (χ2n) is 6.00. The van der Waals surface area contributed by atoms with Gasteiger partial charge in [-0.3, -0.25) is 4.79 Å². The van der Waals surface area contributed by atoms with Crippen molar-refractivity contribution in [1.82, 2.24) is 19.9 Å². The summed E-state index contributed by atoms with van der Waals surface area (Å²) in [6, 6.07) is 5.17. The van der Waals surface area contributed by atoms with E-state index < -0.39 is 0 Å². The highest BCUT2D eigenvalue weighted by Crippen LogP contribution is 2.29. The second kappa shape index (κ2) is 7.12. The first-order chi connectivity index (χ1) is 13.2. The summed E-state index contributed by atoms with van der Waals surface area (Å²) in [5, 5.41) is 0. The summed E-state index contributed by atoms with van der Waals surface area (Å²) in [5.41, 5.74) is 8.45. The van der Waals surface area contributed by atoms with Crippen LogP contribution in [0.3, 0.4) is 0 Å². The van der Waals surface area contributed by atoms with E-state index in [1.165, 1.54) is 0 Å². The first-order valence-corrected chi connectivity index (χ1v) is 8.46. The molecule has 0 spiro atoms. The van der Waals surface area contributed by atoms with Gasteiger partial charge in [-0.25, -0.2) is 9.97 Å². The predicted octanol–water partition coefficient (Wildman–Crippen LogP) is 1.33. The van der Waals surface area contributed by atoms with Gasteiger partial charge in [-0.2, -0.15) is 9.97 Å². The van der Waals surface area contributed by atoms with Gasteiger partial charge in [0.25, 0.3) is 0 Å². The molecule has 27 heavy (non-hydrogen) atoms. The molecular formula is C18H18N6O3. The highest BCUT2D eigenvalue weighted by atomic mass is 16.5. The highest BCUT2D eigenvalue weighted by Gasteiger charge is 2.20. The number of rotatable bonds is 4. The monoisotopic (exact) mass is 366 g/mol. The van der Waals surface area contributed by atoms with E-state index in [9.17, 15) is 4.79 Å². The van der Waals surface area contributed by atoms with Crippen molar-refractivity contribution in [2.45, 2.75) is 0 Å². The molecule has 0 amide bonds. The highest BCUT2D eigenvalue weighted by molar-refractivity contribution is 5.90. The molecule has 0 aliphatic carbocycles. The third-order valence-electron chi connectivity index (χ3n) is 4.38. The van der Waals surface area contributed by atoms with Crippen LogP contribution in [0.1, 0.15) is 10.4 Å². The van der Waals surface area contributed by atoms with E-state index in [1.54, 1.807) is 31.5 Å². The van der Waals surface area contributed by atoms with Gasteiger partial charge in [0.15, 0.2) is 23.3 Å². The van der Waals surface area contributed by atoms with E-state index in [-0.39, 0.29) is 5.95 Å². The minimum absolute atomic E-state index is 0.140. The van der Waals surface area contributed by atoms with Gasteiger partial charge in [0.2, 0.25) is 5.95 Å². The van der Waals surface area contributed by atoms with Gasteiger partial charge in [-0.05, 0) is 18.2 Å². The largest absolute Gasteiger partial charge is 0.497 e. The molecule has 1 fully saturated rings. The van der Waals surface area contributed by atoms with Crippen LogP contribution in [0.2, 0.25) is 0 Å². The fraction of sp³-hybridized carbons (Fsp3) is 0.278. The van der Waals surface area contributed by atoms with Crippen LogP contribution >= 0.6 is 0 Å². The number of carbonyl (C=O) groups is 1. The number of benzene rings is 1. The van der Waals surface area contributed by atoms with Gasteiger partial charge < -0.3 is 20.1 Å². The molecule has 3 heterocycles. The third-order valence-corrected chi connectivity index (χ3v) is 4.38. The van der Waals surface area contributed by atoms with Crippen LogP contribution in [0.25, 0.3) is 22.4 Å². The molecule has 138 valence electrons. The molecule has 1 aliphatic rings. The van der Waals surface area contributed by atoms with Gasteiger partial charge in [0, 0.05) is 24.2 Å². The van der Waals surface area contributed by atoms with Crippen LogP contribution in [-0.4, -0.2) is 59.6 Å². The van der Waals surface area contributed by atoms with E-state index in [0.29, 0.717) is 65.9 Å². The molecule has 0 unspecified atom stereocenters. The van der Waals surface area contributed by atoms with Crippen LogP contribution in [0.15, 0.2) is 24.4 Å².